The molecule has 1 amide bonds. The zero-order valence-electron chi connectivity index (χ0n) is 8.85. The third kappa shape index (κ3) is 4.22. The lowest BCUT2D eigenvalue weighted by Crippen LogP contribution is -2.37. The lowest BCUT2D eigenvalue weighted by atomic mass is 10.2. The predicted octanol–water partition coefficient (Wildman–Crippen LogP) is 0.433. The van der Waals surface area contributed by atoms with Gasteiger partial charge in [0.1, 0.15) is 17.8 Å². The number of nitrogens with one attached hydrogen (secondary N) is 1. The molecular formula is C10H15NO4S. The van der Waals surface area contributed by atoms with Crippen LogP contribution in [0.2, 0.25) is 0 Å². The first-order valence-electron chi connectivity index (χ1n) is 5.25. The van der Waals surface area contributed by atoms with E-state index in [2.05, 4.69) is 17.9 Å². The monoisotopic (exact) mass is 245 g/mol. The van der Waals surface area contributed by atoms with Gasteiger partial charge in [0.25, 0.3) is 0 Å². The van der Waals surface area contributed by atoms with Crippen LogP contribution in [0, 0.1) is 0 Å². The zero-order valence-corrected chi connectivity index (χ0v) is 9.74. The number of esters is 1. The molecule has 1 N–H and O–H groups in total. The summed E-state index contributed by atoms with van der Waals surface area (Å²) in [5.41, 5.74) is -0.423. The van der Waals surface area contributed by atoms with Crippen LogP contribution in [-0.4, -0.2) is 29.6 Å². The number of carbonyl (C=O) groups is 3. The number of hydrogen-bond donors (Lipinski definition) is 2. The minimum Gasteiger partial charge on any atom is -0.450 e. The molecule has 0 aromatic rings. The van der Waals surface area contributed by atoms with Gasteiger partial charge < -0.3 is 14.8 Å². The molecule has 1 aliphatic rings. The Balaban J connectivity index is 2.19. The predicted molar refractivity (Wildman–Crippen MR) is 59.9 cm³/mol. The lowest BCUT2D eigenvalue weighted by molar-refractivity contribution is -0.142. The zero-order chi connectivity index (χ0) is 12.0. The fraction of sp³-hybridized carbons (Fsp3) is 0.700. The lowest BCUT2D eigenvalue weighted by Gasteiger charge is -2.07. The Morgan fingerprint density at radius 3 is 2.88 bits per heavy atom. The summed E-state index contributed by atoms with van der Waals surface area (Å²) in [4.78, 5) is 32.6. The first kappa shape index (κ1) is 13.0. The number of carbonyl (C=O) groups excluding carboxylic acids is 3. The molecule has 6 heteroatoms. The smallest absolute Gasteiger partial charge is 0.329 e. The minimum atomic E-state index is -0.568. The van der Waals surface area contributed by atoms with Crippen LogP contribution in [0.1, 0.15) is 32.1 Å². The highest BCUT2D eigenvalue weighted by atomic mass is 32.1. The second kappa shape index (κ2) is 6.52. The van der Waals surface area contributed by atoms with Gasteiger partial charge in [-0.3, -0.25) is 4.79 Å². The van der Waals surface area contributed by atoms with Crippen LogP contribution in [0.3, 0.4) is 0 Å². The molecule has 90 valence electrons. The molecule has 0 aromatic carbocycles. The number of cyclic esters (lactones) is 1. The summed E-state index contributed by atoms with van der Waals surface area (Å²) in [7, 11) is 0. The van der Waals surface area contributed by atoms with Crippen LogP contribution in [0.5, 0.6) is 0 Å². The third-order valence-corrected chi connectivity index (χ3v) is 2.60. The number of amides is 1. The van der Waals surface area contributed by atoms with E-state index in [4.69, 9.17) is 4.74 Å². The maximum atomic E-state index is 11.4. The third-order valence-electron chi connectivity index (χ3n) is 2.29. The van der Waals surface area contributed by atoms with Crippen molar-refractivity contribution in [3.63, 3.8) is 0 Å². The molecule has 0 radical (unpaired) electrons. The summed E-state index contributed by atoms with van der Waals surface area (Å²) >= 11 is 4.00. The van der Waals surface area contributed by atoms with E-state index in [1.165, 1.54) is 0 Å². The highest BCUT2D eigenvalue weighted by molar-refractivity contribution is 7.80. The molecule has 0 spiro atoms. The Bertz CT molecular complexity index is 282. The molecule has 1 saturated heterocycles. The normalized spacial score (nSPS) is 23.9. The van der Waals surface area contributed by atoms with E-state index in [1.807, 2.05) is 0 Å². The van der Waals surface area contributed by atoms with E-state index >= 15 is 0 Å². The van der Waals surface area contributed by atoms with Gasteiger partial charge in [-0.05, 0) is 12.8 Å². The van der Waals surface area contributed by atoms with Gasteiger partial charge in [-0.2, -0.15) is 0 Å². The van der Waals surface area contributed by atoms with Gasteiger partial charge in [0, 0.05) is 19.3 Å². The van der Waals surface area contributed by atoms with Crippen molar-refractivity contribution in [3.05, 3.63) is 0 Å². The molecule has 16 heavy (non-hydrogen) atoms. The van der Waals surface area contributed by atoms with E-state index in [-0.39, 0.29) is 5.91 Å². The second-order valence-corrected chi connectivity index (χ2v) is 4.24. The number of unbranched alkanes of at least 4 members (excludes halogenated alkanes) is 2. The van der Waals surface area contributed by atoms with E-state index < -0.39 is 17.4 Å². The van der Waals surface area contributed by atoms with E-state index in [0.29, 0.717) is 32.1 Å². The van der Waals surface area contributed by atoms with E-state index in [0.717, 1.165) is 6.29 Å². The highest BCUT2D eigenvalue weighted by Gasteiger charge is 2.33. The van der Waals surface area contributed by atoms with Crippen molar-refractivity contribution >= 4 is 30.8 Å². The van der Waals surface area contributed by atoms with Crippen LogP contribution in [0.4, 0.5) is 0 Å². The van der Waals surface area contributed by atoms with Crippen molar-refractivity contribution in [2.45, 2.75) is 43.6 Å². The summed E-state index contributed by atoms with van der Waals surface area (Å²) in [5.74, 6) is -0.614. The average molecular weight is 245 g/mol. The Hall–Kier alpha value is -1.04. The van der Waals surface area contributed by atoms with Gasteiger partial charge in [-0.25, -0.2) is 4.79 Å². The molecule has 1 rings (SSSR count). The Morgan fingerprint density at radius 1 is 1.56 bits per heavy atom. The number of aldehydes is 1. The molecule has 1 unspecified atom stereocenters. The summed E-state index contributed by atoms with van der Waals surface area (Å²) in [6.45, 7) is 0. The first-order valence-corrected chi connectivity index (χ1v) is 5.76. The highest BCUT2D eigenvalue weighted by Crippen LogP contribution is 2.17. The van der Waals surface area contributed by atoms with Gasteiger partial charge in [-0.1, -0.05) is 0 Å². The number of rotatable bonds is 6. The van der Waals surface area contributed by atoms with Crippen molar-refractivity contribution < 1.29 is 19.1 Å². The maximum Gasteiger partial charge on any atom is 0.329 e. The van der Waals surface area contributed by atoms with Gasteiger partial charge in [0.05, 0.1) is 0 Å². The largest absolute Gasteiger partial charge is 0.450 e. The SMILES string of the molecule is O=CCCCCC(=O)N[C@H]1CC(S)OC1=O. The standard InChI is InChI=1S/C10H15NO4S/c12-5-3-1-2-4-8(13)11-7-6-9(16)15-10(7)14/h5,7,9,16H,1-4,6H2,(H,11,13)/t7-,9?/m0/s1. The Morgan fingerprint density at radius 2 is 2.31 bits per heavy atom. The van der Waals surface area contributed by atoms with Gasteiger partial charge in [0.2, 0.25) is 5.91 Å². The van der Waals surface area contributed by atoms with E-state index in [1.54, 1.807) is 0 Å². The minimum absolute atomic E-state index is 0.185. The molecule has 5 nitrogen and oxygen atoms in total. The molecule has 0 aromatic heterocycles. The summed E-state index contributed by atoms with van der Waals surface area (Å²) in [5, 5.41) is 2.59. The number of hydrogen-bond acceptors (Lipinski definition) is 5. The molecule has 1 fully saturated rings. The Labute approximate surface area is 99.3 Å². The van der Waals surface area contributed by atoms with Crippen molar-refractivity contribution in [3.8, 4) is 0 Å². The van der Waals surface area contributed by atoms with Crippen LogP contribution >= 0.6 is 12.6 Å². The Kier molecular flexibility index (Phi) is 5.31. The molecular weight excluding hydrogens is 230 g/mol. The van der Waals surface area contributed by atoms with Gasteiger partial charge in [0.15, 0.2) is 0 Å². The summed E-state index contributed by atoms with van der Waals surface area (Å²) < 4.78 is 4.78. The van der Waals surface area contributed by atoms with Crippen LogP contribution in [-0.2, 0) is 19.1 Å². The molecule has 2 atom stereocenters. The van der Waals surface area contributed by atoms with E-state index in [9.17, 15) is 14.4 Å². The van der Waals surface area contributed by atoms with Gasteiger partial charge in [-0.15, -0.1) is 12.6 Å². The number of thiol groups is 1. The number of ether oxygens (including phenoxy) is 1. The fourth-order valence-electron chi connectivity index (χ4n) is 1.46. The molecule has 0 aliphatic carbocycles. The van der Waals surface area contributed by atoms with Crippen molar-refractivity contribution in [2.24, 2.45) is 0 Å². The molecule has 1 heterocycles. The summed E-state index contributed by atoms with van der Waals surface area (Å²) in [6, 6.07) is -0.568. The second-order valence-electron chi connectivity index (χ2n) is 3.66. The molecule has 0 bridgehead atoms. The van der Waals surface area contributed by atoms with Crippen LogP contribution < -0.4 is 5.32 Å². The van der Waals surface area contributed by atoms with Crippen molar-refractivity contribution in [2.75, 3.05) is 0 Å². The topological polar surface area (TPSA) is 72.5 Å². The van der Waals surface area contributed by atoms with Crippen molar-refractivity contribution in [1.29, 1.82) is 0 Å². The fourth-order valence-corrected chi connectivity index (χ4v) is 1.77. The summed E-state index contributed by atoms with van der Waals surface area (Å²) in [6.07, 6.45) is 3.38. The molecule has 0 saturated carbocycles. The maximum absolute atomic E-state index is 11.4. The quantitative estimate of drug-likeness (QED) is 0.308. The molecule has 1 aliphatic heterocycles. The van der Waals surface area contributed by atoms with Crippen LogP contribution in [0.25, 0.3) is 0 Å². The average Bonchev–Trinajstić information content (AvgIpc) is 2.52. The van der Waals surface area contributed by atoms with Crippen LogP contribution in [0.15, 0.2) is 0 Å². The van der Waals surface area contributed by atoms with Gasteiger partial charge >= 0.3 is 5.97 Å². The first-order chi connectivity index (χ1) is 7.63. The van der Waals surface area contributed by atoms with Crippen molar-refractivity contribution in [1.82, 2.24) is 5.32 Å².